The third-order valence-electron chi connectivity index (χ3n) is 5.15. The van der Waals surface area contributed by atoms with Gasteiger partial charge in [0.1, 0.15) is 0 Å². The minimum Gasteiger partial charge on any atom is -0.370 e. The largest absolute Gasteiger partial charge is 0.370 e. The number of benzene rings is 1. The highest BCUT2D eigenvalue weighted by Crippen LogP contribution is 2.29. The first-order valence-corrected chi connectivity index (χ1v) is 10.9. The van der Waals surface area contributed by atoms with Gasteiger partial charge in [-0.05, 0) is 44.2 Å². The Kier molecular flexibility index (Phi) is 5.64. The van der Waals surface area contributed by atoms with Crippen molar-refractivity contribution in [3.8, 4) is 0 Å². The molecule has 1 amide bonds. The topological polar surface area (TPSA) is 69.7 Å². The molecule has 0 aromatic heterocycles. The van der Waals surface area contributed by atoms with Crippen molar-refractivity contribution in [3.05, 3.63) is 24.3 Å². The van der Waals surface area contributed by atoms with Crippen LogP contribution in [0.5, 0.6) is 0 Å². The smallest absolute Gasteiger partial charge is 0.227 e. The molecule has 138 valence electrons. The molecular weight excluding hydrogens is 338 g/mol. The van der Waals surface area contributed by atoms with E-state index in [-0.39, 0.29) is 11.8 Å². The molecule has 1 N–H and O–H groups in total. The van der Waals surface area contributed by atoms with Gasteiger partial charge in [0.2, 0.25) is 15.9 Å². The Balaban J connectivity index is 1.64. The van der Waals surface area contributed by atoms with Crippen LogP contribution in [0.1, 0.15) is 32.1 Å². The summed E-state index contributed by atoms with van der Waals surface area (Å²) in [6.07, 6.45) is 6.01. The van der Waals surface area contributed by atoms with E-state index in [9.17, 15) is 13.2 Å². The zero-order valence-corrected chi connectivity index (χ0v) is 15.6. The minimum atomic E-state index is -3.16. The third kappa shape index (κ3) is 4.52. The zero-order valence-electron chi connectivity index (χ0n) is 14.8. The second kappa shape index (κ2) is 7.74. The summed E-state index contributed by atoms with van der Waals surface area (Å²) in [5, 5.41) is 3.08. The number of hydrogen-bond acceptors (Lipinski definition) is 4. The minimum absolute atomic E-state index is 0.00221. The van der Waals surface area contributed by atoms with Gasteiger partial charge in [-0.15, -0.1) is 0 Å². The van der Waals surface area contributed by atoms with Gasteiger partial charge in [-0.25, -0.2) is 12.7 Å². The first-order valence-electron chi connectivity index (χ1n) is 9.05. The predicted octanol–water partition coefficient (Wildman–Crippen LogP) is 2.29. The molecular formula is C18H27N3O3S. The van der Waals surface area contributed by atoms with Crippen LogP contribution in [0, 0.1) is 5.92 Å². The molecule has 25 heavy (non-hydrogen) atoms. The second-order valence-electron chi connectivity index (χ2n) is 6.99. The SMILES string of the molecule is CS(=O)(=O)N1CCC(C(=O)Nc2ccccc2N2CCCCC2)CC1. The fraction of sp³-hybridized carbons (Fsp3) is 0.611. The predicted molar refractivity (Wildman–Crippen MR) is 100 cm³/mol. The van der Waals surface area contributed by atoms with Gasteiger partial charge in [-0.1, -0.05) is 12.1 Å². The Morgan fingerprint density at radius 1 is 1.04 bits per heavy atom. The fourth-order valence-corrected chi connectivity index (χ4v) is 4.55. The summed E-state index contributed by atoms with van der Waals surface area (Å²) in [7, 11) is -3.16. The number of sulfonamides is 1. The van der Waals surface area contributed by atoms with Gasteiger partial charge in [0.25, 0.3) is 0 Å². The van der Waals surface area contributed by atoms with Crippen LogP contribution in [0.15, 0.2) is 24.3 Å². The highest BCUT2D eigenvalue weighted by atomic mass is 32.2. The molecule has 6 nitrogen and oxygen atoms in total. The molecule has 1 aromatic rings. The number of nitrogens with zero attached hydrogens (tertiary/aromatic N) is 2. The van der Waals surface area contributed by atoms with Gasteiger partial charge in [0.05, 0.1) is 17.6 Å². The van der Waals surface area contributed by atoms with Gasteiger partial charge in [-0.3, -0.25) is 4.79 Å². The number of nitrogens with one attached hydrogen (secondary N) is 1. The first kappa shape index (κ1) is 18.2. The normalized spacial score (nSPS) is 20.4. The summed E-state index contributed by atoms with van der Waals surface area (Å²) >= 11 is 0. The summed E-state index contributed by atoms with van der Waals surface area (Å²) in [4.78, 5) is 15.0. The van der Waals surface area contributed by atoms with Gasteiger partial charge in [0.15, 0.2) is 0 Å². The van der Waals surface area contributed by atoms with Crippen LogP contribution in [0.25, 0.3) is 0 Å². The van der Waals surface area contributed by atoms with Crippen LogP contribution < -0.4 is 10.2 Å². The molecule has 1 aromatic carbocycles. The van der Waals surface area contributed by atoms with Gasteiger partial charge >= 0.3 is 0 Å². The zero-order chi connectivity index (χ0) is 17.9. The Hall–Kier alpha value is -1.60. The highest BCUT2D eigenvalue weighted by Gasteiger charge is 2.29. The maximum Gasteiger partial charge on any atom is 0.227 e. The van der Waals surface area contributed by atoms with Crippen molar-refractivity contribution in [2.45, 2.75) is 32.1 Å². The molecule has 0 radical (unpaired) electrons. The number of piperidine rings is 2. The van der Waals surface area contributed by atoms with E-state index in [0.717, 1.165) is 24.5 Å². The van der Waals surface area contributed by atoms with Crippen LogP contribution >= 0.6 is 0 Å². The highest BCUT2D eigenvalue weighted by molar-refractivity contribution is 7.88. The summed E-state index contributed by atoms with van der Waals surface area (Å²) in [5.41, 5.74) is 1.95. The standard InChI is InChI=1S/C18H27N3O3S/c1-25(23,24)21-13-9-15(10-14-21)18(22)19-16-7-3-4-8-17(16)20-11-5-2-6-12-20/h3-4,7-8,15H,2,5-6,9-14H2,1H3,(H,19,22). The van der Waals surface area contributed by atoms with E-state index < -0.39 is 10.0 Å². The maximum absolute atomic E-state index is 12.7. The van der Waals surface area contributed by atoms with E-state index in [1.165, 1.54) is 29.8 Å². The Morgan fingerprint density at radius 2 is 1.68 bits per heavy atom. The number of anilines is 2. The van der Waals surface area contributed by atoms with Gasteiger partial charge in [-0.2, -0.15) is 0 Å². The van der Waals surface area contributed by atoms with E-state index >= 15 is 0 Å². The van der Waals surface area contributed by atoms with Crippen molar-refractivity contribution in [3.63, 3.8) is 0 Å². The lowest BCUT2D eigenvalue weighted by Gasteiger charge is -2.32. The quantitative estimate of drug-likeness (QED) is 0.889. The van der Waals surface area contributed by atoms with Gasteiger partial charge in [0, 0.05) is 32.1 Å². The van der Waals surface area contributed by atoms with Crippen LogP contribution in [-0.2, 0) is 14.8 Å². The van der Waals surface area contributed by atoms with Crippen molar-refractivity contribution >= 4 is 27.3 Å². The molecule has 2 heterocycles. The summed E-state index contributed by atoms with van der Waals surface area (Å²) in [6, 6.07) is 7.96. The molecule has 0 saturated carbocycles. The first-order chi connectivity index (χ1) is 11.9. The summed E-state index contributed by atoms with van der Waals surface area (Å²) in [6.45, 7) is 2.90. The number of rotatable bonds is 4. The number of hydrogen-bond donors (Lipinski definition) is 1. The lowest BCUT2D eigenvalue weighted by atomic mass is 9.97. The Morgan fingerprint density at radius 3 is 2.32 bits per heavy atom. The molecule has 0 atom stereocenters. The van der Waals surface area contributed by atoms with Crippen LogP contribution in [0.3, 0.4) is 0 Å². The lowest BCUT2D eigenvalue weighted by molar-refractivity contribution is -0.120. The number of carbonyl (C=O) groups excluding carboxylic acids is 1. The third-order valence-corrected chi connectivity index (χ3v) is 6.46. The Labute approximate surface area is 150 Å². The molecule has 2 aliphatic rings. The van der Waals surface area contributed by atoms with Crippen molar-refractivity contribution in [2.24, 2.45) is 5.92 Å². The molecule has 7 heteroatoms. The molecule has 2 aliphatic heterocycles. The lowest BCUT2D eigenvalue weighted by Crippen LogP contribution is -2.41. The molecule has 0 unspecified atom stereocenters. The van der Waals surface area contributed by atoms with Crippen LogP contribution in [0.4, 0.5) is 11.4 Å². The number of para-hydroxylation sites is 2. The summed E-state index contributed by atoms with van der Waals surface area (Å²) in [5.74, 6) is -0.134. The molecule has 0 spiro atoms. The van der Waals surface area contributed by atoms with Crippen molar-refractivity contribution in [1.82, 2.24) is 4.31 Å². The molecule has 2 saturated heterocycles. The monoisotopic (exact) mass is 365 g/mol. The summed E-state index contributed by atoms with van der Waals surface area (Å²) < 4.78 is 24.6. The van der Waals surface area contributed by atoms with Crippen LogP contribution in [-0.4, -0.2) is 51.1 Å². The molecule has 0 bridgehead atoms. The molecule has 0 aliphatic carbocycles. The van der Waals surface area contributed by atoms with E-state index in [1.807, 2.05) is 18.2 Å². The van der Waals surface area contributed by atoms with Crippen molar-refractivity contribution in [2.75, 3.05) is 42.7 Å². The van der Waals surface area contributed by atoms with Crippen molar-refractivity contribution < 1.29 is 13.2 Å². The van der Waals surface area contributed by atoms with E-state index in [2.05, 4.69) is 16.3 Å². The maximum atomic E-state index is 12.7. The second-order valence-corrected chi connectivity index (χ2v) is 8.97. The number of amides is 1. The Bertz CT molecular complexity index is 706. The molecule has 3 rings (SSSR count). The average molecular weight is 365 g/mol. The average Bonchev–Trinajstić information content (AvgIpc) is 2.62. The van der Waals surface area contributed by atoms with E-state index in [1.54, 1.807) is 0 Å². The molecule has 2 fully saturated rings. The van der Waals surface area contributed by atoms with Crippen molar-refractivity contribution in [1.29, 1.82) is 0 Å². The van der Waals surface area contributed by atoms with E-state index in [0.29, 0.717) is 25.9 Å². The van der Waals surface area contributed by atoms with E-state index in [4.69, 9.17) is 0 Å². The fourth-order valence-electron chi connectivity index (χ4n) is 3.67. The van der Waals surface area contributed by atoms with Crippen LogP contribution in [0.2, 0.25) is 0 Å². The number of carbonyl (C=O) groups is 1. The van der Waals surface area contributed by atoms with Gasteiger partial charge < -0.3 is 10.2 Å².